The van der Waals surface area contributed by atoms with E-state index in [2.05, 4.69) is 5.32 Å². The lowest BCUT2D eigenvalue weighted by Crippen LogP contribution is -2.14. The SMILES string of the molecule is CC(C)CNc1c(F)c(F)c(F)c(F)c1F. The van der Waals surface area contributed by atoms with Gasteiger partial charge >= 0.3 is 0 Å². The van der Waals surface area contributed by atoms with E-state index in [1.54, 1.807) is 13.8 Å². The second kappa shape index (κ2) is 4.67. The summed E-state index contributed by atoms with van der Waals surface area (Å²) in [6, 6.07) is 0. The minimum absolute atomic E-state index is 0.00924. The molecular weight excluding hydrogens is 229 g/mol. The zero-order valence-electron chi connectivity index (χ0n) is 8.67. The Kier molecular flexibility index (Phi) is 3.72. The molecule has 1 N–H and O–H groups in total. The van der Waals surface area contributed by atoms with Gasteiger partial charge in [0, 0.05) is 6.54 Å². The van der Waals surface area contributed by atoms with Gasteiger partial charge in [0.2, 0.25) is 5.82 Å². The molecule has 0 saturated heterocycles. The third kappa shape index (κ3) is 2.25. The van der Waals surface area contributed by atoms with E-state index in [9.17, 15) is 22.0 Å². The summed E-state index contributed by atoms with van der Waals surface area (Å²) in [6.07, 6.45) is 0. The van der Waals surface area contributed by atoms with Gasteiger partial charge in [-0.15, -0.1) is 0 Å². The summed E-state index contributed by atoms with van der Waals surface area (Å²) in [5.41, 5.74) is -0.981. The zero-order valence-corrected chi connectivity index (χ0v) is 8.67. The van der Waals surface area contributed by atoms with Crippen LogP contribution >= 0.6 is 0 Å². The fourth-order valence-corrected chi connectivity index (χ4v) is 1.07. The molecule has 1 aromatic carbocycles. The van der Waals surface area contributed by atoms with Crippen molar-refractivity contribution in [2.75, 3.05) is 11.9 Å². The molecular formula is C10H10F5N. The highest BCUT2D eigenvalue weighted by atomic mass is 19.2. The Morgan fingerprint density at radius 2 is 1.19 bits per heavy atom. The third-order valence-electron chi connectivity index (χ3n) is 1.90. The molecule has 1 nitrogen and oxygen atoms in total. The van der Waals surface area contributed by atoms with Crippen LogP contribution in [0.5, 0.6) is 0 Å². The summed E-state index contributed by atoms with van der Waals surface area (Å²) in [7, 11) is 0. The van der Waals surface area contributed by atoms with Crippen LogP contribution in [-0.2, 0) is 0 Å². The van der Waals surface area contributed by atoms with E-state index in [4.69, 9.17) is 0 Å². The molecule has 6 heteroatoms. The van der Waals surface area contributed by atoms with E-state index in [0.29, 0.717) is 0 Å². The molecule has 1 aromatic rings. The quantitative estimate of drug-likeness (QED) is 0.484. The molecule has 0 aliphatic carbocycles. The average molecular weight is 239 g/mol. The first-order chi connectivity index (χ1) is 7.36. The molecule has 0 radical (unpaired) electrons. The van der Waals surface area contributed by atoms with Crippen molar-refractivity contribution in [2.45, 2.75) is 13.8 Å². The topological polar surface area (TPSA) is 12.0 Å². The summed E-state index contributed by atoms with van der Waals surface area (Å²) in [5.74, 6) is -9.69. The maximum Gasteiger partial charge on any atom is 0.200 e. The van der Waals surface area contributed by atoms with Crippen molar-refractivity contribution in [3.63, 3.8) is 0 Å². The number of hydrogen-bond acceptors (Lipinski definition) is 1. The van der Waals surface area contributed by atoms with Crippen molar-refractivity contribution in [2.24, 2.45) is 5.92 Å². The van der Waals surface area contributed by atoms with Crippen molar-refractivity contribution in [1.82, 2.24) is 0 Å². The van der Waals surface area contributed by atoms with E-state index in [0.717, 1.165) is 0 Å². The lowest BCUT2D eigenvalue weighted by atomic mass is 10.2. The van der Waals surface area contributed by atoms with Gasteiger partial charge in [0.25, 0.3) is 0 Å². The number of nitrogens with one attached hydrogen (secondary N) is 1. The Balaban J connectivity index is 3.18. The van der Waals surface area contributed by atoms with Gasteiger partial charge in [-0.05, 0) is 5.92 Å². The minimum Gasteiger partial charge on any atom is -0.380 e. The summed E-state index contributed by atoms with van der Waals surface area (Å²) in [6.45, 7) is 3.58. The van der Waals surface area contributed by atoms with Crippen molar-refractivity contribution in [1.29, 1.82) is 0 Å². The summed E-state index contributed by atoms with van der Waals surface area (Å²) in [5, 5.41) is 2.19. The molecule has 0 heterocycles. The van der Waals surface area contributed by atoms with Crippen LogP contribution in [-0.4, -0.2) is 6.54 Å². The number of rotatable bonds is 3. The van der Waals surface area contributed by atoms with Crippen LogP contribution in [0.25, 0.3) is 0 Å². The van der Waals surface area contributed by atoms with Gasteiger partial charge in [0.1, 0.15) is 5.69 Å². The van der Waals surface area contributed by atoms with Gasteiger partial charge < -0.3 is 5.32 Å². The van der Waals surface area contributed by atoms with E-state index < -0.39 is 34.8 Å². The largest absolute Gasteiger partial charge is 0.380 e. The molecule has 0 saturated carbocycles. The van der Waals surface area contributed by atoms with Gasteiger partial charge in [-0.25, -0.2) is 22.0 Å². The van der Waals surface area contributed by atoms with Crippen LogP contribution in [0, 0.1) is 35.0 Å². The summed E-state index contributed by atoms with van der Waals surface area (Å²) in [4.78, 5) is 0. The van der Waals surface area contributed by atoms with Crippen molar-refractivity contribution in [3.05, 3.63) is 29.1 Å². The molecule has 0 aromatic heterocycles. The van der Waals surface area contributed by atoms with Crippen LogP contribution in [0.4, 0.5) is 27.6 Å². The predicted octanol–water partition coefficient (Wildman–Crippen LogP) is 3.45. The monoisotopic (exact) mass is 239 g/mol. The lowest BCUT2D eigenvalue weighted by molar-refractivity contribution is 0.381. The normalized spacial score (nSPS) is 11.0. The van der Waals surface area contributed by atoms with Crippen molar-refractivity contribution in [3.8, 4) is 0 Å². The molecule has 90 valence electrons. The second-order valence-corrected chi connectivity index (χ2v) is 3.72. The standard InChI is InChI=1S/C10H10F5N/c1-4(2)3-16-10-8(14)6(12)5(11)7(13)9(10)15/h4,16H,3H2,1-2H3. The first-order valence-corrected chi connectivity index (χ1v) is 4.61. The smallest absolute Gasteiger partial charge is 0.200 e. The van der Waals surface area contributed by atoms with Crippen molar-refractivity contribution < 1.29 is 22.0 Å². The van der Waals surface area contributed by atoms with E-state index >= 15 is 0 Å². The Bertz CT molecular complexity index is 374. The highest BCUT2D eigenvalue weighted by Gasteiger charge is 2.25. The Labute approximate surface area is 89.3 Å². The Hall–Kier alpha value is -1.33. The number of benzene rings is 1. The number of anilines is 1. The van der Waals surface area contributed by atoms with Gasteiger partial charge in [-0.2, -0.15) is 0 Å². The van der Waals surface area contributed by atoms with E-state index in [1.807, 2.05) is 0 Å². The van der Waals surface area contributed by atoms with Crippen LogP contribution in [0.3, 0.4) is 0 Å². The minimum atomic E-state index is -2.15. The lowest BCUT2D eigenvalue weighted by Gasteiger charge is -2.12. The first kappa shape index (κ1) is 12.7. The van der Waals surface area contributed by atoms with Gasteiger partial charge in [0.15, 0.2) is 23.3 Å². The Morgan fingerprint density at radius 1 is 0.812 bits per heavy atom. The zero-order chi connectivity index (χ0) is 12.5. The van der Waals surface area contributed by atoms with Gasteiger partial charge in [-0.3, -0.25) is 0 Å². The summed E-state index contributed by atoms with van der Waals surface area (Å²) < 4.78 is 64.2. The number of hydrogen-bond donors (Lipinski definition) is 1. The fraction of sp³-hybridized carbons (Fsp3) is 0.400. The van der Waals surface area contributed by atoms with E-state index in [-0.39, 0.29) is 12.5 Å². The molecule has 16 heavy (non-hydrogen) atoms. The second-order valence-electron chi connectivity index (χ2n) is 3.72. The highest BCUT2D eigenvalue weighted by Crippen LogP contribution is 2.27. The maximum atomic E-state index is 13.1. The molecule has 0 bridgehead atoms. The molecule has 0 aliphatic rings. The molecule has 1 rings (SSSR count). The average Bonchev–Trinajstić information content (AvgIpc) is 2.23. The van der Waals surface area contributed by atoms with E-state index in [1.165, 1.54) is 0 Å². The molecule has 0 fully saturated rings. The van der Waals surface area contributed by atoms with Gasteiger partial charge in [0.05, 0.1) is 0 Å². The van der Waals surface area contributed by atoms with Crippen LogP contribution in [0.1, 0.15) is 13.8 Å². The molecule has 0 amide bonds. The molecule has 0 aliphatic heterocycles. The van der Waals surface area contributed by atoms with Crippen LogP contribution < -0.4 is 5.32 Å². The third-order valence-corrected chi connectivity index (χ3v) is 1.90. The Morgan fingerprint density at radius 3 is 1.56 bits per heavy atom. The molecule has 0 spiro atoms. The highest BCUT2D eigenvalue weighted by molar-refractivity contribution is 5.47. The van der Waals surface area contributed by atoms with Gasteiger partial charge in [-0.1, -0.05) is 13.8 Å². The summed E-state index contributed by atoms with van der Waals surface area (Å²) >= 11 is 0. The number of halogens is 5. The maximum absolute atomic E-state index is 13.1. The first-order valence-electron chi connectivity index (χ1n) is 4.61. The predicted molar refractivity (Wildman–Crippen MR) is 49.6 cm³/mol. The van der Waals surface area contributed by atoms with Crippen LogP contribution in [0.15, 0.2) is 0 Å². The van der Waals surface area contributed by atoms with Crippen molar-refractivity contribution >= 4 is 5.69 Å². The molecule has 0 atom stereocenters. The van der Waals surface area contributed by atoms with Crippen LogP contribution in [0.2, 0.25) is 0 Å². The fourth-order valence-electron chi connectivity index (χ4n) is 1.07. The molecule has 0 unspecified atom stereocenters.